The van der Waals surface area contributed by atoms with Crippen molar-refractivity contribution in [2.24, 2.45) is 0 Å². The maximum Gasteiger partial charge on any atom is 0.159 e. The van der Waals surface area contributed by atoms with E-state index in [9.17, 15) is 0 Å². The van der Waals surface area contributed by atoms with Gasteiger partial charge in [-0.1, -0.05) is 13.3 Å². The van der Waals surface area contributed by atoms with E-state index in [1.165, 1.54) is 0 Å². The van der Waals surface area contributed by atoms with Crippen LogP contribution in [-0.2, 0) is 13.0 Å². The highest BCUT2D eigenvalue weighted by Gasteiger charge is 2.12. The molecule has 0 fully saturated rings. The van der Waals surface area contributed by atoms with Crippen molar-refractivity contribution in [3.8, 4) is 0 Å². The molecule has 1 aromatic rings. The van der Waals surface area contributed by atoms with Crippen molar-refractivity contribution >= 4 is 0 Å². The number of aliphatic hydroxyl groups excluding tert-OH is 1. The standard InChI is InChI=1S/C10H19N3O/c1-4-5-6-9-11-12-10(7-14)13(9)8(2)3/h8,14H,4-7H2,1-3H3. The molecule has 0 saturated heterocycles. The summed E-state index contributed by atoms with van der Waals surface area (Å²) < 4.78 is 2.02. The van der Waals surface area contributed by atoms with Gasteiger partial charge in [-0.05, 0) is 20.3 Å². The van der Waals surface area contributed by atoms with E-state index < -0.39 is 0 Å². The summed E-state index contributed by atoms with van der Waals surface area (Å²) in [6, 6.07) is 0.319. The van der Waals surface area contributed by atoms with Gasteiger partial charge in [0.15, 0.2) is 5.82 Å². The maximum absolute atomic E-state index is 9.08. The van der Waals surface area contributed by atoms with Crippen LogP contribution in [0.1, 0.15) is 51.3 Å². The Hall–Kier alpha value is -0.900. The average Bonchev–Trinajstić information content (AvgIpc) is 2.57. The molecule has 0 saturated carbocycles. The molecule has 0 unspecified atom stereocenters. The maximum atomic E-state index is 9.08. The predicted molar refractivity (Wildman–Crippen MR) is 54.9 cm³/mol. The number of unbranched alkanes of at least 4 members (excludes halogenated alkanes) is 1. The fraction of sp³-hybridized carbons (Fsp3) is 0.800. The van der Waals surface area contributed by atoms with E-state index in [1.807, 2.05) is 4.57 Å². The van der Waals surface area contributed by atoms with Crippen LogP contribution in [0, 0.1) is 0 Å². The van der Waals surface area contributed by atoms with Gasteiger partial charge >= 0.3 is 0 Å². The van der Waals surface area contributed by atoms with Crippen molar-refractivity contribution in [2.45, 2.75) is 52.7 Å². The van der Waals surface area contributed by atoms with Crippen LogP contribution in [0.4, 0.5) is 0 Å². The smallest absolute Gasteiger partial charge is 0.159 e. The molecule has 0 bridgehead atoms. The van der Waals surface area contributed by atoms with Crippen LogP contribution in [0.3, 0.4) is 0 Å². The van der Waals surface area contributed by atoms with Crippen molar-refractivity contribution < 1.29 is 5.11 Å². The number of aliphatic hydroxyl groups is 1. The highest BCUT2D eigenvalue weighted by atomic mass is 16.3. The van der Waals surface area contributed by atoms with Crippen molar-refractivity contribution in [1.29, 1.82) is 0 Å². The Balaban J connectivity index is 2.87. The molecule has 1 aromatic heterocycles. The lowest BCUT2D eigenvalue weighted by Gasteiger charge is -2.12. The molecule has 1 rings (SSSR count). The lowest BCUT2D eigenvalue weighted by Crippen LogP contribution is -2.10. The Morgan fingerprint density at radius 1 is 1.29 bits per heavy atom. The first-order valence-electron chi connectivity index (χ1n) is 5.24. The van der Waals surface area contributed by atoms with Gasteiger partial charge in [-0.25, -0.2) is 0 Å². The SMILES string of the molecule is CCCCc1nnc(CO)n1C(C)C. The van der Waals surface area contributed by atoms with Crippen LogP contribution in [0.2, 0.25) is 0 Å². The minimum absolute atomic E-state index is 0.0305. The van der Waals surface area contributed by atoms with Crippen LogP contribution in [-0.4, -0.2) is 19.9 Å². The number of nitrogens with zero attached hydrogens (tertiary/aromatic N) is 3. The first-order chi connectivity index (χ1) is 6.70. The molecule has 0 aliphatic carbocycles. The Labute approximate surface area is 85.0 Å². The monoisotopic (exact) mass is 197 g/mol. The molecule has 1 N–H and O–H groups in total. The van der Waals surface area contributed by atoms with Crippen molar-refractivity contribution in [3.05, 3.63) is 11.6 Å². The van der Waals surface area contributed by atoms with Gasteiger partial charge < -0.3 is 9.67 Å². The Bertz CT molecular complexity index is 281. The van der Waals surface area contributed by atoms with Gasteiger partial charge in [-0.2, -0.15) is 0 Å². The third kappa shape index (κ3) is 2.32. The highest BCUT2D eigenvalue weighted by molar-refractivity contribution is 4.97. The lowest BCUT2D eigenvalue weighted by atomic mass is 10.2. The molecule has 4 heteroatoms. The fourth-order valence-electron chi connectivity index (χ4n) is 1.57. The number of hydrogen-bond donors (Lipinski definition) is 1. The zero-order chi connectivity index (χ0) is 10.6. The molecular weight excluding hydrogens is 178 g/mol. The van der Waals surface area contributed by atoms with Gasteiger partial charge in [0, 0.05) is 12.5 Å². The van der Waals surface area contributed by atoms with Crippen molar-refractivity contribution in [1.82, 2.24) is 14.8 Å². The summed E-state index contributed by atoms with van der Waals surface area (Å²) in [6.45, 7) is 6.29. The molecule has 80 valence electrons. The van der Waals surface area contributed by atoms with Crippen molar-refractivity contribution in [3.63, 3.8) is 0 Å². The Morgan fingerprint density at radius 3 is 2.43 bits per heavy atom. The van der Waals surface area contributed by atoms with E-state index in [2.05, 4.69) is 31.0 Å². The Morgan fingerprint density at radius 2 is 1.93 bits per heavy atom. The molecule has 0 spiro atoms. The second kappa shape index (κ2) is 5.10. The van der Waals surface area contributed by atoms with Gasteiger partial charge in [0.25, 0.3) is 0 Å². The molecular formula is C10H19N3O. The summed E-state index contributed by atoms with van der Waals surface area (Å²) in [5, 5.41) is 17.2. The molecule has 0 aromatic carbocycles. The predicted octanol–water partition coefficient (Wildman–Crippen LogP) is 1.69. The van der Waals surface area contributed by atoms with E-state index >= 15 is 0 Å². The summed E-state index contributed by atoms with van der Waals surface area (Å²) in [5.74, 6) is 1.66. The number of hydrogen-bond acceptors (Lipinski definition) is 3. The summed E-state index contributed by atoms with van der Waals surface area (Å²) >= 11 is 0. The fourth-order valence-corrected chi connectivity index (χ4v) is 1.57. The molecule has 1 heterocycles. The molecule has 0 aliphatic heterocycles. The number of aromatic nitrogens is 3. The van der Waals surface area contributed by atoms with E-state index in [4.69, 9.17) is 5.11 Å². The molecule has 0 aliphatic rings. The van der Waals surface area contributed by atoms with Crippen LogP contribution < -0.4 is 0 Å². The molecule has 0 amide bonds. The normalized spacial score (nSPS) is 11.2. The second-order valence-electron chi connectivity index (χ2n) is 3.76. The van der Waals surface area contributed by atoms with Gasteiger partial charge in [-0.3, -0.25) is 0 Å². The molecule has 0 radical (unpaired) electrons. The van der Waals surface area contributed by atoms with Crippen LogP contribution >= 0.6 is 0 Å². The zero-order valence-electron chi connectivity index (χ0n) is 9.19. The first-order valence-corrected chi connectivity index (χ1v) is 5.24. The minimum Gasteiger partial charge on any atom is -0.388 e. The average molecular weight is 197 g/mol. The summed E-state index contributed by atoms with van der Waals surface area (Å²) in [4.78, 5) is 0. The third-order valence-electron chi connectivity index (χ3n) is 2.25. The van der Waals surface area contributed by atoms with Crippen LogP contribution in [0.5, 0.6) is 0 Å². The van der Waals surface area contributed by atoms with E-state index in [-0.39, 0.29) is 6.61 Å². The third-order valence-corrected chi connectivity index (χ3v) is 2.25. The summed E-state index contributed by atoms with van der Waals surface area (Å²) in [7, 11) is 0. The van der Waals surface area contributed by atoms with Gasteiger partial charge in [0.1, 0.15) is 12.4 Å². The van der Waals surface area contributed by atoms with Crippen molar-refractivity contribution in [2.75, 3.05) is 0 Å². The number of aryl methyl sites for hydroxylation is 1. The highest BCUT2D eigenvalue weighted by Crippen LogP contribution is 2.13. The quantitative estimate of drug-likeness (QED) is 0.781. The summed E-state index contributed by atoms with van der Waals surface area (Å²) in [6.07, 6.45) is 3.22. The molecule has 0 atom stereocenters. The van der Waals surface area contributed by atoms with Gasteiger partial charge in [0.05, 0.1) is 0 Å². The molecule has 4 nitrogen and oxygen atoms in total. The van der Waals surface area contributed by atoms with Gasteiger partial charge in [-0.15, -0.1) is 10.2 Å². The Kier molecular flexibility index (Phi) is 4.07. The lowest BCUT2D eigenvalue weighted by molar-refractivity contribution is 0.261. The zero-order valence-corrected chi connectivity index (χ0v) is 9.19. The summed E-state index contributed by atoms with van der Waals surface area (Å²) in [5.41, 5.74) is 0. The van der Waals surface area contributed by atoms with Gasteiger partial charge in [0.2, 0.25) is 0 Å². The number of rotatable bonds is 5. The largest absolute Gasteiger partial charge is 0.388 e. The van der Waals surface area contributed by atoms with E-state index in [1.54, 1.807) is 0 Å². The topological polar surface area (TPSA) is 50.9 Å². The molecule has 14 heavy (non-hydrogen) atoms. The van der Waals surface area contributed by atoms with Crippen LogP contribution in [0.15, 0.2) is 0 Å². The van der Waals surface area contributed by atoms with Crippen LogP contribution in [0.25, 0.3) is 0 Å². The first kappa shape index (κ1) is 11.2. The van der Waals surface area contributed by atoms with E-state index in [0.29, 0.717) is 11.9 Å². The minimum atomic E-state index is -0.0305. The van der Waals surface area contributed by atoms with E-state index in [0.717, 1.165) is 25.1 Å². The second-order valence-corrected chi connectivity index (χ2v) is 3.76.